The summed E-state index contributed by atoms with van der Waals surface area (Å²) in [4.78, 5) is 19.0. The number of hydrogen-bond donors (Lipinski definition) is 0. The Kier molecular flexibility index (Phi) is 6.98. The molecule has 1 aromatic heterocycles. The van der Waals surface area contributed by atoms with Gasteiger partial charge in [0.25, 0.3) is 0 Å². The zero-order valence-electron chi connectivity index (χ0n) is 19.3. The van der Waals surface area contributed by atoms with Crippen LogP contribution in [0.5, 0.6) is 5.75 Å². The summed E-state index contributed by atoms with van der Waals surface area (Å²) >= 11 is 0. The molecule has 32 heavy (non-hydrogen) atoms. The number of methoxy groups -OCH3 is 1. The standard InChI is InChI=1S/C26H33N3O3/c1-4-28(18-20-11-9-10-19(2)16-20)25-27-23-17-22(32-26(30)31-3)14-15-24(23)29(25)21-12-7-5-6-8-13-21/h9-11,14-17,21H,4-8,12-13,18H2,1-3H3. The van der Waals surface area contributed by atoms with Crippen molar-refractivity contribution in [1.29, 1.82) is 0 Å². The SMILES string of the molecule is CCN(Cc1cccc(C)c1)c1nc2cc(OC(=O)OC)ccc2n1C1CCCCCC1. The second kappa shape index (κ2) is 10.1. The number of carbonyl (C=O) groups excluding carboxylic acids is 1. The molecule has 2 aromatic carbocycles. The van der Waals surface area contributed by atoms with Crippen LogP contribution in [0.4, 0.5) is 10.7 Å². The fourth-order valence-electron chi connectivity index (χ4n) is 4.72. The van der Waals surface area contributed by atoms with E-state index in [9.17, 15) is 4.79 Å². The molecule has 0 radical (unpaired) electrons. The number of fused-ring (bicyclic) bond motifs is 1. The summed E-state index contributed by atoms with van der Waals surface area (Å²) in [5, 5.41) is 0. The molecule has 0 atom stereocenters. The molecule has 170 valence electrons. The van der Waals surface area contributed by atoms with Gasteiger partial charge in [-0.15, -0.1) is 0 Å². The lowest BCUT2D eigenvalue weighted by molar-refractivity contribution is 0.121. The molecule has 4 rings (SSSR count). The Labute approximate surface area is 190 Å². The van der Waals surface area contributed by atoms with E-state index in [-0.39, 0.29) is 0 Å². The summed E-state index contributed by atoms with van der Waals surface area (Å²) in [7, 11) is 1.31. The first-order chi connectivity index (χ1) is 15.6. The number of hydrogen-bond acceptors (Lipinski definition) is 5. The third-order valence-electron chi connectivity index (χ3n) is 6.32. The summed E-state index contributed by atoms with van der Waals surface area (Å²) in [6, 6.07) is 14.8. The molecule has 1 fully saturated rings. The molecule has 0 aliphatic heterocycles. The average molecular weight is 436 g/mol. The lowest BCUT2D eigenvalue weighted by atomic mass is 10.1. The maximum Gasteiger partial charge on any atom is 0.513 e. The van der Waals surface area contributed by atoms with Crippen LogP contribution in [0.25, 0.3) is 11.0 Å². The van der Waals surface area contributed by atoms with Gasteiger partial charge in [-0.3, -0.25) is 0 Å². The minimum absolute atomic E-state index is 0.427. The number of imidazole rings is 1. The molecular formula is C26H33N3O3. The number of nitrogens with zero attached hydrogens (tertiary/aromatic N) is 3. The second-order valence-electron chi connectivity index (χ2n) is 8.64. The van der Waals surface area contributed by atoms with Gasteiger partial charge in [-0.2, -0.15) is 0 Å². The highest BCUT2D eigenvalue weighted by atomic mass is 16.7. The van der Waals surface area contributed by atoms with Gasteiger partial charge in [0.05, 0.1) is 18.1 Å². The Morgan fingerprint density at radius 1 is 1.12 bits per heavy atom. The van der Waals surface area contributed by atoms with Gasteiger partial charge in [-0.05, 0) is 44.4 Å². The topological polar surface area (TPSA) is 56.6 Å². The fourth-order valence-corrected chi connectivity index (χ4v) is 4.72. The van der Waals surface area contributed by atoms with E-state index in [1.165, 1.54) is 56.8 Å². The Morgan fingerprint density at radius 2 is 1.91 bits per heavy atom. The first kappa shape index (κ1) is 22.2. The number of anilines is 1. The van der Waals surface area contributed by atoms with Gasteiger partial charge in [-0.25, -0.2) is 9.78 Å². The molecule has 1 aliphatic carbocycles. The molecule has 1 heterocycles. The number of aromatic nitrogens is 2. The number of benzene rings is 2. The van der Waals surface area contributed by atoms with Crippen LogP contribution in [0.15, 0.2) is 42.5 Å². The monoisotopic (exact) mass is 435 g/mol. The number of ether oxygens (including phenoxy) is 2. The molecule has 3 aromatic rings. The summed E-state index contributed by atoms with van der Waals surface area (Å²) in [6.07, 6.45) is 6.71. The van der Waals surface area contributed by atoms with Crippen LogP contribution in [0.3, 0.4) is 0 Å². The van der Waals surface area contributed by atoms with E-state index in [4.69, 9.17) is 9.72 Å². The van der Waals surface area contributed by atoms with E-state index in [2.05, 4.69) is 52.3 Å². The molecule has 6 heteroatoms. The number of rotatable bonds is 6. The van der Waals surface area contributed by atoms with Gasteiger partial charge in [-0.1, -0.05) is 55.5 Å². The van der Waals surface area contributed by atoms with E-state index in [0.29, 0.717) is 11.8 Å². The maximum absolute atomic E-state index is 11.6. The summed E-state index contributed by atoms with van der Waals surface area (Å²) in [6.45, 7) is 5.97. The van der Waals surface area contributed by atoms with Crippen LogP contribution in [0.1, 0.15) is 62.6 Å². The van der Waals surface area contributed by atoms with E-state index in [1.807, 2.05) is 18.2 Å². The van der Waals surface area contributed by atoms with Crippen LogP contribution in [0.2, 0.25) is 0 Å². The molecule has 0 unspecified atom stereocenters. The third kappa shape index (κ3) is 4.90. The molecule has 0 N–H and O–H groups in total. The lowest BCUT2D eigenvalue weighted by Crippen LogP contribution is -2.27. The van der Waals surface area contributed by atoms with E-state index in [0.717, 1.165) is 30.1 Å². The highest BCUT2D eigenvalue weighted by molar-refractivity contribution is 5.81. The van der Waals surface area contributed by atoms with Crippen LogP contribution >= 0.6 is 0 Å². The highest BCUT2D eigenvalue weighted by Gasteiger charge is 2.24. The molecule has 1 saturated carbocycles. The van der Waals surface area contributed by atoms with E-state index < -0.39 is 6.16 Å². The van der Waals surface area contributed by atoms with Crippen molar-refractivity contribution in [2.45, 2.75) is 65.0 Å². The van der Waals surface area contributed by atoms with Gasteiger partial charge < -0.3 is 18.9 Å². The molecule has 0 bridgehead atoms. The molecular weight excluding hydrogens is 402 g/mol. The quantitative estimate of drug-likeness (QED) is 0.254. The largest absolute Gasteiger partial charge is 0.513 e. The van der Waals surface area contributed by atoms with Crippen LogP contribution in [0, 0.1) is 6.92 Å². The predicted molar refractivity (Wildman–Crippen MR) is 127 cm³/mol. The molecule has 6 nitrogen and oxygen atoms in total. The zero-order valence-corrected chi connectivity index (χ0v) is 19.3. The average Bonchev–Trinajstić information content (AvgIpc) is 2.96. The van der Waals surface area contributed by atoms with Crippen molar-refractivity contribution in [1.82, 2.24) is 9.55 Å². The number of carbonyl (C=O) groups is 1. The maximum atomic E-state index is 11.6. The van der Waals surface area contributed by atoms with Crippen molar-refractivity contribution in [3.8, 4) is 5.75 Å². The Morgan fingerprint density at radius 3 is 2.59 bits per heavy atom. The summed E-state index contributed by atoms with van der Waals surface area (Å²) in [5.41, 5.74) is 4.47. The van der Waals surface area contributed by atoms with Crippen LogP contribution in [-0.4, -0.2) is 29.4 Å². The minimum Gasteiger partial charge on any atom is -0.437 e. The highest BCUT2D eigenvalue weighted by Crippen LogP contribution is 2.36. The van der Waals surface area contributed by atoms with E-state index in [1.54, 1.807) is 0 Å². The lowest BCUT2D eigenvalue weighted by Gasteiger charge is -2.27. The van der Waals surface area contributed by atoms with Crippen molar-refractivity contribution in [2.75, 3.05) is 18.6 Å². The third-order valence-corrected chi connectivity index (χ3v) is 6.32. The van der Waals surface area contributed by atoms with Gasteiger partial charge >= 0.3 is 6.16 Å². The van der Waals surface area contributed by atoms with Crippen LogP contribution < -0.4 is 9.64 Å². The van der Waals surface area contributed by atoms with E-state index >= 15 is 0 Å². The summed E-state index contributed by atoms with van der Waals surface area (Å²) < 4.78 is 12.3. The Balaban J connectivity index is 1.76. The Bertz CT molecular complexity index is 1070. The van der Waals surface area contributed by atoms with Crippen LogP contribution in [-0.2, 0) is 11.3 Å². The van der Waals surface area contributed by atoms with Crippen molar-refractivity contribution >= 4 is 23.1 Å². The zero-order chi connectivity index (χ0) is 22.5. The van der Waals surface area contributed by atoms with Crippen molar-refractivity contribution in [3.05, 3.63) is 53.6 Å². The summed E-state index contributed by atoms with van der Waals surface area (Å²) in [5.74, 6) is 1.44. The van der Waals surface area contributed by atoms with Gasteiger partial charge in [0.15, 0.2) is 0 Å². The number of aryl methyl sites for hydroxylation is 1. The van der Waals surface area contributed by atoms with Crippen molar-refractivity contribution < 1.29 is 14.3 Å². The predicted octanol–water partition coefficient (Wildman–Crippen LogP) is 6.41. The molecule has 0 saturated heterocycles. The van der Waals surface area contributed by atoms with Crippen molar-refractivity contribution in [3.63, 3.8) is 0 Å². The first-order valence-electron chi connectivity index (χ1n) is 11.7. The Hall–Kier alpha value is -3.02. The molecule has 0 spiro atoms. The minimum atomic E-state index is -0.720. The first-order valence-corrected chi connectivity index (χ1v) is 11.7. The van der Waals surface area contributed by atoms with Crippen molar-refractivity contribution in [2.24, 2.45) is 0 Å². The van der Waals surface area contributed by atoms with Gasteiger partial charge in [0.1, 0.15) is 5.75 Å². The van der Waals surface area contributed by atoms with Gasteiger partial charge in [0, 0.05) is 25.2 Å². The second-order valence-corrected chi connectivity index (χ2v) is 8.64. The molecule has 0 amide bonds. The normalized spacial score (nSPS) is 14.8. The molecule has 1 aliphatic rings. The smallest absolute Gasteiger partial charge is 0.437 e. The fraction of sp³-hybridized carbons (Fsp3) is 0.462. The van der Waals surface area contributed by atoms with Gasteiger partial charge in [0.2, 0.25) is 5.95 Å².